The molecule has 0 aliphatic heterocycles. The molecule has 0 spiro atoms. The number of terminal acetylenes is 1. The molecule has 0 bridgehead atoms. The van der Waals surface area contributed by atoms with Crippen molar-refractivity contribution in [1.29, 1.82) is 0 Å². The molecule has 2 aromatic heterocycles. The minimum Gasteiger partial charge on any atom is -0.494 e. The van der Waals surface area contributed by atoms with Gasteiger partial charge in [-0.1, -0.05) is 12.1 Å². The van der Waals surface area contributed by atoms with Gasteiger partial charge in [0.25, 0.3) is 5.56 Å². The lowest BCUT2D eigenvalue weighted by Gasteiger charge is -2.13. The third-order valence-corrected chi connectivity index (χ3v) is 5.08. The van der Waals surface area contributed by atoms with Crippen LogP contribution in [0.3, 0.4) is 0 Å². The fourth-order valence-corrected chi connectivity index (χ4v) is 3.31. The van der Waals surface area contributed by atoms with Crippen molar-refractivity contribution in [1.82, 2.24) is 19.4 Å². The topological polar surface area (TPSA) is 69.5 Å². The second kappa shape index (κ2) is 14.5. The summed E-state index contributed by atoms with van der Waals surface area (Å²) in [5, 5.41) is 0. The van der Waals surface area contributed by atoms with E-state index in [0.29, 0.717) is 18.1 Å². The van der Waals surface area contributed by atoms with Crippen molar-refractivity contribution in [3.8, 4) is 24.3 Å². The highest BCUT2D eigenvalue weighted by Crippen LogP contribution is 2.16. The molecule has 0 saturated heterocycles. The molecule has 0 radical (unpaired) electrons. The lowest BCUT2D eigenvalue weighted by molar-refractivity contribution is 0.294. The van der Waals surface area contributed by atoms with Crippen LogP contribution in [-0.4, -0.2) is 46.7 Å². The van der Waals surface area contributed by atoms with E-state index >= 15 is 0 Å². The number of aryl methyl sites for hydroxylation is 1. The molecule has 0 saturated carbocycles. The Morgan fingerprint density at radius 2 is 1.65 bits per heavy atom. The Balaban J connectivity index is 0.00000199. The van der Waals surface area contributed by atoms with Crippen LogP contribution in [0.5, 0.6) is 11.5 Å². The van der Waals surface area contributed by atoms with Crippen molar-refractivity contribution < 1.29 is 9.47 Å². The van der Waals surface area contributed by atoms with Crippen LogP contribution in [0.25, 0.3) is 0 Å². The molecule has 180 valence electrons. The maximum absolute atomic E-state index is 12.6. The summed E-state index contributed by atoms with van der Waals surface area (Å²) in [6.07, 6.45) is 14.7. The summed E-state index contributed by atoms with van der Waals surface area (Å²) in [5.41, 5.74) is 1.77. The number of pyridine rings is 1. The minimum atomic E-state index is -0.105. The van der Waals surface area contributed by atoms with Crippen LogP contribution in [-0.2, 0) is 13.2 Å². The number of hydrogen-bond donors (Lipinski definition) is 0. The largest absolute Gasteiger partial charge is 0.494 e. The molecule has 3 rings (SSSR count). The van der Waals surface area contributed by atoms with E-state index in [9.17, 15) is 4.79 Å². The molecule has 0 aliphatic carbocycles. The third-order valence-electron chi connectivity index (χ3n) is 5.08. The van der Waals surface area contributed by atoms with Crippen LogP contribution < -0.4 is 15.0 Å². The fourth-order valence-electron chi connectivity index (χ4n) is 3.31. The van der Waals surface area contributed by atoms with Gasteiger partial charge in [0.2, 0.25) is 0 Å². The zero-order valence-electron chi connectivity index (χ0n) is 20.3. The van der Waals surface area contributed by atoms with Gasteiger partial charge in [-0.05, 0) is 76.7 Å². The molecule has 0 unspecified atom stereocenters. The van der Waals surface area contributed by atoms with E-state index in [-0.39, 0.29) is 12.2 Å². The molecular weight excluding hydrogens is 428 g/mol. The summed E-state index contributed by atoms with van der Waals surface area (Å²) in [6, 6.07) is 13.1. The highest BCUT2D eigenvalue weighted by Gasteiger charge is 2.07. The van der Waals surface area contributed by atoms with Crippen LogP contribution in [0.2, 0.25) is 0 Å². The quantitative estimate of drug-likeness (QED) is 0.300. The summed E-state index contributed by atoms with van der Waals surface area (Å²) in [7, 11) is 4.19. The summed E-state index contributed by atoms with van der Waals surface area (Å²) >= 11 is 0. The minimum absolute atomic E-state index is 0.105. The predicted octanol–water partition coefficient (Wildman–Crippen LogP) is 3.93. The number of unbranched alkanes of at least 4 members (excludes halogenated alkanes) is 2. The maximum atomic E-state index is 12.6. The number of aromatic nitrogens is 3. The molecule has 2 heterocycles. The Morgan fingerprint density at radius 1 is 0.941 bits per heavy atom. The van der Waals surface area contributed by atoms with Gasteiger partial charge in [0.15, 0.2) is 5.82 Å². The molecule has 3 aromatic rings. The monoisotopic (exact) mass is 462 g/mol. The average molecular weight is 463 g/mol. The van der Waals surface area contributed by atoms with Gasteiger partial charge in [0, 0.05) is 24.2 Å². The molecule has 0 fully saturated rings. The van der Waals surface area contributed by atoms with Crippen molar-refractivity contribution in [3.63, 3.8) is 0 Å². The van der Waals surface area contributed by atoms with Crippen molar-refractivity contribution >= 4 is 0 Å². The molecule has 34 heavy (non-hydrogen) atoms. The Bertz CT molecular complexity index is 1060. The van der Waals surface area contributed by atoms with E-state index in [1.807, 2.05) is 37.3 Å². The number of benzene rings is 1. The molecule has 7 heteroatoms. The summed E-state index contributed by atoms with van der Waals surface area (Å²) in [4.78, 5) is 23.1. The Hall–Kier alpha value is -3.63. The van der Waals surface area contributed by atoms with E-state index in [0.717, 1.165) is 43.0 Å². The highest BCUT2D eigenvalue weighted by atomic mass is 16.5. The van der Waals surface area contributed by atoms with Crippen LogP contribution in [0.15, 0.2) is 59.7 Å². The van der Waals surface area contributed by atoms with E-state index < -0.39 is 0 Å². The summed E-state index contributed by atoms with van der Waals surface area (Å²) in [6.45, 7) is 4.46. The number of ether oxygens (including phenoxy) is 2. The molecule has 0 N–H and O–H groups in total. The van der Waals surface area contributed by atoms with Crippen LogP contribution >= 0.6 is 0 Å². The fraction of sp³-hybridized carbons (Fsp3) is 0.370. The lowest BCUT2D eigenvalue weighted by Crippen LogP contribution is -2.22. The predicted molar refractivity (Wildman–Crippen MR) is 135 cm³/mol. The molecule has 7 nitrogen and oxygen atoms in total. The van der Waals surface area contributed by atoms with Crippen molar-refractivity contribution in [2.75, 3.05) is 27.2 Å². The highest BCUT2D eigenvalue weighted by molar-refractivity contribution is 5.29. The second-order valence-electron chi connectivity index (χ2n) is 8.07. The summed E-state index contributed by atoms with van der Waals surface area (Å²) < 4.78 is 13.3. The standard InChI is InChI=1S/C25H32N4O3.C2H2/c1-20-16-23(32-19-24-26-12-7-13-27-24)17-25(30)29(20)18-21-8-10-22(11-9-21)31-15-6-4-5-14-28(2)3;1-2/h7-13,16-17H,4-6,14-15,18-19H2,1-3H3;1-2H. The van der Waals surface area contributed by atoms with Crippen LogP contribution in [0, 0.1) is 19.8 Å². The van der Waals surface area contributed by atoms with Gasteiger partial charge >= 0.3 is 0 Å². The van der Waals surface area contributed by atoms with Gasteiger partial charge in [-0.15, -0.1) is 12.8 Å². The van der Waals surface area contributed by atoms with Crippen molar-refractivity contribution in [3.05, 3.63) is 82.3 Å². The normalized spacial score (nSPS) is 10.4. The average Bonchev–Trinajstić information content (AvgIpc) is 2.85. The SMILES string of the molecule is C#C.Cc1cc(OCc2ncccn2)cc(=O)n1Cc1ccc(OCCCCCN(C)C)cc1. The molecule has 0 amide bonds. The Labute approximate surface area is 202 Å². The zero-order valence-corrected chi connectivity index (χ0v) is 20.3. The lowest BCUT2D eigenvalue weighted by atomic mass is 10.2. The zero-order chi connectivity index (χ0) is 24.8. The smallest absolute Gasteiger partial charge is 0.254 e. The Morgan fingerprint density at radius 3 is 2.29 bits per heavy atom. The molecular formula is C27H34N4O3. The van der Waals surface area contributed by atoms with E-state index in [1.54, 1.807) is 23.0 Å². The first kappa shape index (κ1) is 26.6. The van der Waals surface area contributed by atoms with Gasteiger partial charge in [0.1, 0.15) is 18.1 Å². The van der Waals surface area contributed by atoms with Gasteiger partial charge in [0.05, 0.1) is 13.2 Å². The van der Waals surface area contributed by atoms with Gasteiger partial charge < -0.3 is 18.9 Å². The van der Waals surface area contributed by atoms with E-state index in [2.05, 4.69) is 41.8 Å². The number of rotatable bonds is 12. The first-order valence-corrected chi connectivity index (χ1v) is 11.3. The summed E-state index contributed by atoms with van der Waals surface area (Å²) in [5.74, 6) is 1.95. The third kappa shape index (κ3) is 9.08. The number of hydrogen-bond acceptors (Lipinski definition) is 6. The number of nitrogens with zero attached hydrogens (tertiary/aromatic N) is 4. The first-order valence-electron chi connectivity index (χ1n) is 11.3. The van der Waals surface area contributed by atoms with Crippen molar-refractivity contribution in [2.24, 2.45) is 0 Å². The molecule has 0 atom stereocenters. The maximum Gasteiger partial charge on any atom is 0.254 e. The van der Waals surface area contributed by atoms with Crippen molar-refractivity contribution in [2.45, 2.75) is 39.3 Å². The second-order valence-corrected chi connectivity index (χ2v) is 8.07. The van der Waals surface area contributed by atoms with E-state index in [1.165, 1.54) is 12.5 Å². The molecule has 0 aliphatic rings. The van der Waals surface area contributed by atoms with Crippen LogP contribution in [0.1, 0.15) is 36.3 Å². The van der Waals surface area contributed by atoms with Gasteiger partial charge in [-0.25, -0.2) is 9.97 Å². The van der Waals surface area contributed by atoms with Gasteiger partial charge in [-0.2, -0.15) is 0 Å². The van der Waals surface area contributed by atoms with E-state index in [4.69, 9.17) is 9.47 Å². The molecule has 1 aromatic carbocycles. The first-order chi connectivity index (χ1) is 16.5. The van der Waals surface area contributed by atoms with Gasteiger partial charge in [-0.3, -0.25) is 4.79 Å². The van der Waals surface area contributed by atoms with Crippen LogP contribution in [0.4, 0.5) is 0 Å². The Kier molecular flexibility index (Phi) is 11.4.